The smallest absolute Gasteiger partial charge is 0.118 e. The van der Waals surface area contributed by atoms with Gasteiger partial charge in [-0.25, -0.2) is 4.79 Å². The molecule has 202 valence electrons. The van der Waals surface area contributed by atoms with Gasteiger partial charge in [-0.15, -0.1) is 0 Å². The van der Waals surface area contributed by atoms with E-state index in [1.165, 1.54) is 4.90 Å². The predicted molar refractivity (Wildman–Crippen MR) is 144 cm³/mol. The Kier molecular flexibility index (Phi) is 14.7. The molecule has 0 saturated carbocycles. The van der Waals surface area contributed by atoms with E-state index in [1.54, 1.807) is 21.8 Å². The summed E-state index contributed by atoms with van der Waals surface area (Å²) in [7, 11) is 0. The molecule has 0 aliphatic carbocycles. The second kappa shape index (κ2) is 18.1. The van der Waals surface area contributed by atoms with Crippen molar-refractivity contribution in [2.75, 3.05) is 32.7 Å². The summed E-state index contributed by atoms with van der Waals surface area (Å²) in [5.41, 5.74) is 1.83. The number of ether oxygens (including phenoxy) is 2. The Morgan fingerprint density at radius 2 is 1.24 bits per heavy atom. The van der Waals surface area contributed by atoms with E-state index in [2.05, 4.69) is 5.32 Å². The van der Waals surface area contributed by atoms with Crippen LogP contribution in [0.3, 0.4) is 0 Å². The molecule has 0 fully saturated rings. The molecule has 10 heteroatoms. The summed E-state index contributed by atoms with van der Waals surface area (Å²) >= 11 is 1.62. The minimum atomic E-state index is -1.00. The van der Waals surface area contributed by atoms with E-state index in [0.29, 0.717) is 52.0 Å². The maximum Gasteiger partial charge on any atom is 0.118 e. The molecule has 2 N–H and O–H groups in total. The van der Waals surface area contributed by atoms with Crippen molar-refractivity contribution in [3.8, 4) is 0 Å². The maximum absolute atomic E-state index is 12.6. The first-order valence-electron chi connectivity index (χ1n) is 12.6. The molecule has 2 aromatic carbocycles. The van der Waals surface area contributed by atoms with E-state index in [0.717, 1.165) is 22.8 Å². The van der Waals surface area contributed by atoms with Gasteiger partial charge in [0.05, 0.1) is 0 Å². The summed E-state index contributed by atoms with van der Waals surface area (Å²) in [4.78, 5) is 39.1. The number of alkyl carbamates (subject to hydrolysis) is 1. The summed E-state index contributed by atoms with van der Waals surface area (Å²) in [6.45, 7) is 2.53. The quantitative estimate of drug-likeness (QED) is 0.230. The third-order valence-electron chi connectivity index (χ3n) is 5.56. The Morgan fingerprint density at radius 3 is 1.81 bits per heavy atom. The van der Waals surface area contributed by atoms with Crippen LogP contribution in [0.5, 0.6) is 0 Å². The standard InChI is InChI=1S/C27H38AsN3O6/c28-15-9-19-31(27(35)37-22-24-13-5-2-6-14-24)18-8-7-17-30(26(33)34)20-10-16-29-25(32)36-21-23-11-3-1-4-12-23/h1-6,11-14H,7-10,15-22,28H2,(H,29,32)(H,33,34). The molecule has 0 radical (unpaired) electrons. The normalized spacial score (nSPS) is 10.4. The monoisotopic (exact) mass is 575 g/mol. The Bertz CT molecular complexity index is 932. The van der Waals surface area contributed by atoms with Crippen molar-refractivity contribution in [3.05, 3.63) is 71.8 Å². The van der Waals surface area contributed by atoms with Crippen LogP contribution in [0.4, 0.5) is 14.4 Å². The van der Waals surface area contributed by atoms with E-state index >= 15 is 0 Å². The van der Waals surface area contributed by atoms with Crippen LogP contribution in [0, 0.1) is 0 Å². The third kappa shape index (κ3) is 13.1. The predicted octanol–water partition coefficient (Wildman–Crippen LogP) is 4.14. The van der Waals surface area contributed by atoms with Crippen molar-refractivity contribution in [1.82, 2.24) is 15.1 Å². The number of unbranched alkanes of at least 4 members (excludes halogenated alkanes) is 1. The molecule has 0 aliphatic heterocycles. The van der Waals surface area contributed by atoms with Crippen LogP contribution in [0.1, 0.15) is 36.8 Å². The molecule has 0 bridgehead atoms. The van der Waals surface area contributed by atoms with Gasteiger partial charge in [0, 0.05) is 0 Å². The SMILES string of the molecule is O=C(NCCCN(CCCCN(CCC[AsH2])C(=O)OCc1ccccc1)C(=O)O)OCc1ccccc1. The number of carbonyl (C=O) groups is 3. The second-order valence-corrected chi connectivity index (χ2v) is 9.70. The van der Waals surface area contributed by atoms with Gasteiger partial charge >= 0.3 is 170 Å². The molecule has 37 heavy (non-hydrogen) atoms. The van der Waals surface area contributed by atoms with E-state index in [9.17, 15) is 19.5 Å². The van der Waals surface area contributed by atoms with Crippen molar-refractivity contribution < 1.29 is 29.0 Å². The van der Waals surface area contributed by atoms with Gasteiger partial charge in [0.15, 0.2) is 0 Å². The van der Waals surface area contributed by atoms with Gasteiger partial charge in [-0.3, -0.25) is 0 Å². The largest absolute Gasteiger partial charge is 0.445 e. The zero-order valence-corrected chi connectivity index (χ0v) is 23.6. The molecule has 2 rings (SSSR count). The number of nitrogens with zero attached hydrogens (tertiary/aromatic N) is 2. The van der Waals surface area contributed by atoms with Gasteiger partial charge in [-0.05, 0) is 5.56 Å². The molecule has 0 aliphatic rings. The maximum atomic E-state index is 12.6. The third-order valence-corrected chi connectivity index (χ3v) is 6.42. The van der Waals surface area contributed by atoms with Crippen molar-refractivity contribution >= 4 is 35.1 Å². The van der Waals surface area contributed by atoms with Crippen molar-refractivity contribution in [3.63, 3.8) is 0 Å². The number of amides is 3. The van der Waals surface area contributed by atoms with E-state index < -0.39 is 12.2 Å². The minimum Gasteiger partial charge on any atom is -0.445 e. The van der Waals surface area contributed by atoms with E-state index in [-0.39, 0.29) is 19.3 Å². The Labute approximate surface area is 227 Å². The number of carbonyl (C=O) groups excluding carboxylic acids is 2. The van der Waals surface area contributed by atoms with Gasteiger partial charge in [0.1, 0.15) is 6.61 Å². The Hall–Kier alpha value is -3.19. The molecule has 0 aromatic heterocycles. The fraction of sp³-hybridized carbons (Fsp3) is 0.444. The average molecular weight is 576 g/mol. The van der Waals surface area contributed by atoms with Crippen LogP contribution >= 0.6 is 0 Å². The zero-order valence-electron chi connectivity index (χ0n) is 21.2. The van der Waals surface area contributed by atoms with Crippen LogP contribution in [-0.4, -0.2) is 82.8 Å². The number of benzene rings is 2. The average Bonchev–Trinajstić information content (AvgIpc) is 2.92. The number of hydrogen-bond donors (Lipinski definition) is 2. The number of carboxylic acid groups (broad SMARTS) is 1. The van der Waals surface area contributed by atoms with E-state index in [1.807, 2.05) is 60.7 Å². The minimum absolute atomic E-state index is 0.184. The van der Waals surface area contributed by atoms with Gasteiger partial charge in [-0.1, -0.05) is 30.3 Å². The summed E-state index contributed by atoms with van der Waals surface area (Å²) in [6.07, 6.45) is 0.800. The Balaban J connectivity index is 1.65. The first-order valence-corrected chi connectivity index (χ1v) is 14.3. The van der Waals surface area contributed by atoms with Crippen molar-refractivity contribution in [2.45, 2.75) is 44.1 Å². The van der Waals surface area contributed by atoms with Crippen LogP contribution in [0.2, 0.25) is 5.21 Å². The van der Waals surface area contributed by atoms with Gasteiger partial charge < -0.3 is 10.1 Å². The van der Waals surface area contributed by atoms with E-state index in [4.69, 9.17) is 9.47 Å². The molecule has 1 unspecified atom stereocenters. The molecule has 0 saturated heterocycles. The number of hydrogen-bond acceptors (Lipinski definition) is 5. The summed E-state index contributed by atoms with van der Waals surface area (Å²) in [5, 5.41) is 13.2. The van der Waals surface area contributed by atoms with Gasteiger partial charge in [0.25, 0.3) is 0 Å². The molecular formula is C27H38AsN3O6. The Morgan fingerprint density at radius 1 is 0.730 bits per heavy atom. The molecule has 9 nitrogen and oxygen atoms in total. The summed E-state index contributed by atoms with van der Waals surface area (Å²) < 4.78 is 10.6. The summed E-state index contributed by atoms with van der Waals surface area (Å²) in [5.74, 6) is 0. The van der Waals surface area contributed by atoms with Crippen molar-refractivity contribution in [2.24, 2.45) is 0 Å². The number of rotatable bonds is 16. The zero-order chi connectivity index (χ0) is 26.7. The molecule has 0 heterocycles. The van der Waals surface area contributed by atoms with Gasteiger partial charge in [0.2, 0.25) is 0 Å². The molecule has 1 atom stereocenters. The molecular weight excluding hydrogens is 537 g/mol. The molecule has 3 amide bonds. The first-order chi connectivity index (χ1) is 18.0. The van der Waals surface area contributed by atoms with Crippen LogP contribution in [0.25, 0.3) is 0 Å². The topological polar surface area (TPSA) is 108 Å². The fourth-order valence-corrected chi connectivity index (χ4v) is 3.91. The molecule has 0 spiro atoms. The first kappa shape index (κ1) is 30.0. The van der Waals surface area contributed by atoms with Crippen LogP contribution < -0.4 is 5.32 Å². The summed E-state index contributed by atoms with van der Waals surface area (Å²) in [6, 6.07) is 18.9. The van der Waals surface area contributed by atoms with Gasteiger partial charge in [-0.2, -0.15) is 0 Å². The fourth-order valence-electron chi connectivity index (χ4n) is 3.53. The van der Waals surface area contributed by atoms with Crippen LogP contribution in [0.15, 0.2) is 60.7 Å². The second-order valence-electron chi connectivity index (χ2n) is 8.49. The van der Waals surface area contributed by atoms with Crippen molar-refractivity contribution in [1.29, 1.82) is 0 Å². The number of nitrogens with one attached hydrogen (secondary N) is 1. The molecule has 2 aromatic rings. The van der Waals surface area contributed by atoms with Crippen LogP contribution in [-0.2, 0) is 22.7 Å².